The van der Waals surface area contributed by atoms with E-state index in [9.17, 15) is 0 Å². The zero-order chi connectivity index (χ0) is 12.4. The second-order valence-corrected chi connectivity index (χ2v) is 7.32. The lowest BCUT2D eigenvalue weighted by atomic mass is 10.2. The average molecular weight is 252 g/mol. The number of allylic oxidation sites excluding steroid dienone is 2. The standard InChI is InChI=1S/C17H16S/c1-15-9-5-6-12-17(15)18(13-7-8-14-18)16-10-3-2-4-11-16/h2-14H,1H3. The minimum absolute atomic E-state index is 1.11. The van der Waals surface area contributed by atoms with Crippen LogP contribution in [0.4, 0.5) is 0 Å². The van der Waals surface area contributed by atoms with E-state index in [0.717, 1.165) is 0 Å². The van der Waals surface area contributed by atoms with E-state index in [-0.39, 0.29) is 0 Å². The smallest absolute Gasteiger partial charge is 0.00413 e. The Bertz CT molecular complexity index is 597. The lowest BCUT2D eigenvalue weighted by Gasteiger charge is -2.34. The van der Waals surface area contributed by atoms with E-state index in [1.807, 2.05) is 0 Å². The molecule has 1 aliphatic heterocycles. The molecule has 90 valence electrons. The predicted molar refractivity (Wildman–Crippen MR) is 80.0 cm³/mol. The normalized spacial score (nSPS) is 17.8. The topological polar surface area (TPSA) is 0 Å². The van der Waals surface area contributed by atoms with Crippen molar-refractivity contribution >= 4 is 10.0 Å². The van der Waals surface area contributed by atoms with Gasteiger partial charge in [-0.15, -0.1) is 10.0 Å². The van der Waals surface area contributed by atoms with Crippen LogP contribution in [0.15, 0.2) is 87.4 Å². The molecule has 0 unspecified atom stereocenters. The van der Waals surface area contributed by atoms with Gasteiger partial charge in [0.25, 0.3) is 0 Å². The summed E-state index contributed by atoms with van der Waals surface area (Å²) >= 11 is 0. The van der Waals surface area contributed by atoms with Crippen LogP contribution < -0.4 is 0 Å². The van der Waals surface area contributed by atoms with Crippen molar-refractivity contribution in [3.63, 3.8) is 0 Å². The highest BCUT2D eigenvalue weighted by atomic mass is 32.3. The molecule has 18 heavy (non-hydrogen) atoms. The lowest BCUT2D eigenvalue weighted by molar-refractivity contribution is 1.28. The number of aryl methyl sites for hydroxylation is 1. The molecule has 0 nitrogen and oxygen atoms in total. The summed E-state index contributed by atoms with van der Waals surface area (Å²) in [5, 5.41) is 4.73. The van der Waals surface area contributed by atoms with Crippen molar-refractivity contribution in [1.82, 2.24) is 0 Å². The van der Waals surface area contributed by atoms with Gasteiger partial charge < -0.3 is 0 Å². The molecule has 0 bridgehead atoms. The monoisotopic (exact) mass is 252 g/mol. The van der Waals surface area contributed by atoms with Crippen LogP contribution in [0.2, 0.25) is 0 Å². The largest absolute Gasteiger partial charge is 0.146 e. The summed E-state index contributed by atoms with van der Waals surface area (Å²) in [6.07, 6.45) is 4.35. The molecule has 2 aromatic rings. The van der Waals surface area contributed by atoms with E-state index < -0.39 is 10.0 Å². The minimum Gasteiger partial charge on any atom is -0.146 e. The fourth-order valence-electron chi connectivity index (χ4n) is 2.40. The number of hydrogen-bond donors (Lipinski definition) is 0. The zero-order valence-electron chi connectivity index (χ0n) is 10.4. The third-order valence-corrected chi connectivity index (χ3v) is 6.70. The summed E-state index contributed by atoms with van der Waals surface area (Å²) in [7, 11) is -1.11. The zero-order valence-corrected chi connectivity index (χ0v) is 11.2. The Morgan fingerprint density at radius 2 is 1.33 bits per heavy atom. The number of benzene rings is 2. The van der Waals surface area contributed by atoms with Gasteiger partial charge in [-0.1, -0.05) is 48.6 Å². The first-order valence-electron chi connectivity index (χ1n) is 6.12. The van der Waals surface area contributed by atoms with Gasteiger partial charge in [0.2, 0.25) is 0 Å². The Kier molecular flexibility index (Phi) is 2.85. The van der Waals surface area contributed by atoms with Crippen LogP contribution in [0.3, 0.4) is 0 Å². The van der Waals surface area contributed by atoms with Crippen molar-refractivity contribution in [1.29, 1.82) is 0 Å². The summed E-state index contributed by atoms with van der Waals surface area (Å²) in [5.74, 6) is 0. The van der Waals surface area contributed by atoms with Crippen LogP contribution in [0.25, 0.3) is 0 Å². The average Bonchev–Trinajstić information content (AvgIpc) is 2.91. The van der Waals surface area contributed by atoms with Crippen LogP contribution in [0, 0.1) is 6.92 Å². The minimum atomic E-state index is -1.11. The molecule has 1 heterocycles. The van der Waals surface area contributed by atoms with Crippen molar-refractivity contribution < 1.29 is 0 Å². The third-order valence-electron chi connectivity index (χ3n) is 3.29. The summed E-state index contributed by atoms with van der Waals surface area (Å²) in [6.45, 7) is 2.20. The van der Waals surface area contributed by atoms with Crippen LogP contribution in [0.5, 0.6) is 0 Å². The Morgan fingerprint density at radius 1 is 0.722 bits per heavy atom. The summed E-state index contributed by atoms with van der Waals surface area (Å²) < 4.78 is 0. The van der Waals surface area contributed by atoms with Crippen molar-refractivity contribution in [2.45, 2.75) is 16.7 Å². The van der Waals surface area contributed by atoms with Crippen LogP contribution in [-0.4, -0.2) is 0 Å². The maximum Gasteiger partial charge on any atom is 0.00413 e. The molecule has 0 aromatic heterocycles. The van der Waals surface area contributed by atoms with E-state index in [1.54, 1.807) is 0 Å². The first-order chi connectivity index (χ1) is 8.83. The molecule has 0 fully saturated rings. The Balaban J connectivity index is 2.24. The molecular weight excluding hydrogens is 236 g/mol. The Hall–Kier alpha value is -1.73. The van der Waals surface area contributed by atoms with Gasteiger partial charge in [0.05, 0.1) is 0 Å². The molecule has 0 saturated carbocycles. The molecule has 0 saturated heterocycles. The molecular formula is C17H16S. The number of rotatable bonds is 2. The van der Waals surface area contributed by atoms with Gasteiger partial charge in [0.15, 0.2) is 0 Å². The van der Waals surface area contributed by atoms with E-state index in [2.05, 4.69) is 84.5 Å². The molecule has 1 heteroatoms. The second kappa shape index (κ2) is 4.51. The van der Waals surface area contributed by atoms with Crippen LogP contribution in [-0.2, 0) is 0 Å². The molecule has 3 rings (SSSR count). The highest BCUT2D eigenvalue weighted by molar-refractivity contribution is 8.38. The summed E-state index contributed by atoms with van der Waals surface area (Å²) in [5.41, 5.74) is 1.37. The van der Waals surface area contributed by atoms with Gasteiger partial charge >= 0.3 is 0 Å². The van der Waals surface area contributed by atoms with Gasteiger partial charge in [0, 0.05) is 9.79 Å². The fraction of sp³-hybridized carbons (Fsp3) is 0.0588. The van der Waals surface area contributed by atoms with E-state index in [1.165, 1.54) is 15.4 Å². The molecule has 0 aliphatic carbocycles. The second-order valence-electron chi connectivity index (χ2n) is 4.45. The SMILES string of the molecule is Cc1ccccc1S1(c2ccccc2)C=CC=C1. The van der Waals surface area contributed by atoms with Gasteiger partial charge in [-0.3, -0.25) is 0 Å². The summed E-state index contributed by atoms with van der Waals surface area (Å²) in [6, 6.07) is 19.5. The summed E-state index contributed by atoms with van der Waals surface area (Å²) in [4.78, 5) is 2.85. The van der Waals surface area contributed by atoms with Gasteiger partial charge in [-0.25, -0.2) is 0 Å². The predicted octanol–water partition coefficient (Wildman–Crippen LogP) is 5.26. The maximum absolute atomic E-state index is 2.37. The number of hydrogen-bond acceptors (Lipinski definition) is 0. The van der Waals surface area contributed by atoms with E-state index in [4.69, 9.17) is 0 Å². The maximum atomic E-state index is 2.37. The third kappa shape index (κ3) is 1.72. The lowest BCUT2D eigenvalue weighted by Crippen LogP contribution is -1.96. The van der Waals surface area contributed by atoms with Gasteiger partial charge in [0.1, 0.15) is 0 Å². The first kappa shape index (κ1) is 11.4. The molecule has 1 aliphatic rings. The highest BCUT2D eigenvalue weighted by Gasteiger charge is 2.26. The molecule has 0 amide bonds. The van der Waals surface area contributed by atoms with Crippen LogP contribution in [0.1, 0.15) is 5.56 Å². The van der Waals surface area contributed by atoms with Crippen molar-refractivity contribution in [2.24, 2.45) is 0 Å². The van der Waals surface area contributed by atoms with E-state index >= 15 is 0 Å². The first-order valence-corrected chi connectivity index (χ1v) is 7.88. The molecule has 0 N–H and O–H groups in total. The van der Waals surface area contributed by atoms with Gasteiger partial charge in [-0.05, 0) is 41.5 Å². The van der Waals surface area contributed by atoms with Crippen molar-refractivity contribution in [3.8, 4) is 0 Å². The highest BCUT2D eigenvalue weighted by Crippen LogP contribution is 2.67. The van der Waals surface area contributed by atoms with Crippen molar-refractivity contribution in [2.75, 3.05) is 0 Å². The van der Waals surface area contributed by atoms with Crippen LogP contribution >= 0.6 is 10.0 Å². The molecule has 0 spiro atoms. The van der Waals surface area contributed by atoms with Crippen molar-refractivity contribution in [3.05, 3.63) is 83.1 Å². The molecule has 0 radical (unpaired) electrons. The van der Waals surface area contributed by atoms with E-state index in [0.29, 0.717) is 0 Å². The Morgan fingerprint density at radius 3 is 2.00 bits per heavy atom. The molecule has 2 aromatic carbocycles. The fourth-order valence-corrected chi connectivity index (χ4v) is 5.54. The molecule has 0 atom stereocenters. The van der Waals surface area contributed by atoms with Gasteiger partial charge in [-0.2, -0.15) is 0 Å². The quantitative estimate of drug-likeness (QED) is 0.684. The Labute approximate surface area is 110 Å².